The zero-order chi connectivity index (χ0) is 18.2. The number of pyridine rings is 1. The third-order valence-corrected chi connectivity index (χ3v) is 4.49. The van der Waals surface area contributed by atoms with Crippen LogP contribution in [-0.2, 0) is 6.54 Å². The molecule has 0 aliphatic rings. The minimum atomic E-state index is -0.278. The van der Waals surface area contributed by atoms with Crippen LogP contribution >= 0.6 is 0 Å². The highest BCUT2D eigenvalue weighted by Crippen LogP contribution is 2.35. The van der Waals surface area contributed by atoms with Gasteiger partial charge in [-0.3, -0.25) is 0 Å². The van der Waals surface area contributed by atoms with Gasteiger partial charge in [0.15, 0.2) is 0 Å². The summed E-state index contributed by atoms with van der Waals surface area (Å²) in [5.41, 5.74) is 5.10. The Kier molecular flexibility index (Phi) is 3.57. The van der Waals surface area contributed by atoms with E-state index in [1.165, 1.54) is 12.1 Å². The summed E-state index contributed by atoms with van der Waals surface area (Å²) in [5.74, 6) is -0.278. The van der Waals surface area contributed by atoms with E-state index in [1.807, 2.05) is 29.0 Å². The Morgan fingerprint density at radius 1 is 1.04 bits per heavy atom. The number of rotatable bonds is 4. The van der Waals surface area contributed by atoms with Gasteiger partial charge in [-0.1, -0.05) is 5.16 Å². The minimum Gasteiger partial charge on any atom is -0.364 e. The summed E-state index contributed by atoms with van der Waals surface area (Å²) in [4.78, 5) is 12.1. The molecule has 6 nitrogen and oxygen atoms in total. The lowest BCUT2D eigenvalue weighted by Crippen LogP contribution is -2.01. The van der Waals surface area contributed by atoms with Gasteiger partial charge in [0, 0.05) is 35.0 Å². The number of nitrogens with one attached hydrogen (secondary N) is 1. The van der Waals surface area contributed by atoms with Gasteiger partial charge in [0.2, 0.25) is 0 Å². The molecule has 7 heteroatoms. The molecule has 132 valence electrons. The third-order valence-electron chi connectivity index (χ3n) is 4.49. The summed E-state index contributed by atoms with van der Waals surface area (Å²) in [6.45, 7) is 0.508. The van der Waals surface area contributed by atoms with Crippen LogP contribution in [0.5, 0.6) is 0 Å². The van der Waals surface area contributed by atoms with Crippen molar-refractivity contribution in [2.75, 3.05) is 0 Å². The molecule has 0 saturated heterocycles. The quantitative estimate of drug-likeness (QED) is 0.520. The average molecular weight is 359 g/mol. The average Bonchev–Trinajstić information content (AvgIpc) is 3.43. The largest absolute Gasteiger partial charge is 0.364 e. The Balaban J connectivity index is 1.74. The highest BCUT2D eigenvalue weighted by molar-refractivity contribution is 5.95. The number of nitrogens with zero attached hydrogens (tertiary/aromatic N) is 4. The Bertz CT molecular complexity index is 1210. The maximum absolute atomic E-state index is 13.4. The fourth-order valence-corrected chi connectivity index (χ4v) is 3.26. The molecule has 5 rings (SSSR count). The van der Waals surface area contributed by atoms with Gasteiger partial charge in [0.25, 0.3) is 0 Å². The molecule has 4 heterocycles. The van der Waals surface area contributed by atoms with E-state index in [1.54, 1.807) is 30.9 Å². The first-order valence-corrected chi connectivity index (χ1v) is 8.42. The summed E-state index contributed by atoms with van der Waals surface area (Å²) in [6.07, 6.45) is 6.93. The van der Waals surface area contributed by atoms with Gasteiger partial charge in [-0.25, -0.2) is 14.4 Å². The number of halogens is 1. The second-order valence-corrected chi connectivity index (χ2v) is 6.17. The van der Waals surface area contributed by atoms with Crippen molar-refractivity contribution in [3.63, 3.8) is 0 Å². The molecule has 4 aromatic heterocycles. The van der Waals surface area contributed by atoms with Gasteiger partial charge in [-0.15, -0.1) is 0 Å². The van der Waals surface area contributed by atoms with Crippen LogP contribution < -0.4 is 0 Å². The van der Waals surface area contributed by atoms with Crippen molar-refractivity contribution in [3.05, 3.63) is 79.0 Å². The zero-order valence-corrected chi connectivity index (χ0v) is 14.1. The first-order chi connectivity index (χ1) is 13.3. The lowest BCUT2D eigenvalue weighted by Gasteiger charge is -2.10. The Morgan fingerprint density at radius 2 is 1.93 bits per heavy atom. The molecule has 0 bridgehead atoms. The Labute approximate surface area is 153 Å². The lowest BCUT2D eigenvalue weighted by molar-refractivity contribution is 0.410. The molecule has 5 aromatic rings. The van der Waals surface area contributed by atoms with E-state index in [0.717, 1.165) is 39.2 Å². The van der Waals surface area contributed by atoms with E-state index in [0.29, 0.717) is 6.54 Å². The van der Waals surface area contributed by atoms with Crippen molar-refractivity contribution >= 4 is 11.0 Å². The van der Waals surface area contributed by atoms with Crippen molar-refractivity contribution in [2.45, 2.75) is 6.54 Å². The van der Waals surface area contributed by atoms with Gasteiger partial charge in [-0.2, -0.15) is 0 Å². The van der Waals surface area contributed by atoms with Crippen LogP contribution in [0.4, 0.5) is 4.39 Å². The molecule has 0 unspecified atom stereocenters. The number of H-pyrrole nitrogens is 1. The number of hydrogen-bond donors (Lipinski definition) is 1. The second kappa shape index (κ2) is 6.21. The molecular formula is C20H14FN5O. The summed E-state index contributed by atoms with van der Waals surface area (Å²) in [7, 11) is 0. The molecule has 0 atom stereocenters. The van der Waals surface area contributed by atoms with Crippen LogP contribution in [-0.4, -0.2) is 24.7 Å². The summed E-state index contributed by atoms with van der Waals surface area (Å²) < 4.78 is 20.4. The Hall–Kier alpha value is -3.74. The van der Waals surface area contributed by atoms with Crippen LogP contribution in [0.3, 0.4) is 0 Å². The van der Waals surface area contributed by atoms with Crippen LogP contribution in [0.2, 0.25) is 0 Å². The van der Waals surface area contributed by atoms with Crippen molar-refractivity contribution in [1.82, 2.24) is 24.7 Å². The number of hydrogen-bond acceptors (Lipinski definition) is 4. The van der Waals surface area contributed by atoms with Crippen molar-refractivity contribution < 1.29 is 8.91 Å². The van der Waals surface area contributed by atoms with Crippen LogP contribution in [0.25, 0.3) is 33.5 Å². The van der Waals surface area contributed by atoms with E-state index in [2.05, 4.69) is 20.1 Å². The van der Waals surface area contributed by atoms with Gasteiger partial charge in [0.05, 0.1) is 24.3 Å². The maximum atomic E-state index is 13.4. The number of imidazole rings is 1. The lowest BCUT2D eigenvalue weighted by atomic mass is 10.0. The first kappa shape index (κ1) is 15.5. The summed E-state index contributed by atoms with van der Waals surface area (Å²) in [5, 5.41) is 4.99. The van der Waals surface area contributed by atoms with Crippen molar-refractivity contribution in [1.29, 1.82) is 0 Å². The number of benzene rings is 1. The summed E-state index contributed by atoms with van der Waals surface area (Å²) >= 11 is 0. The van der Waals surface area contributed by atoms with Crippen molar-refractivity contribution in [2.24, 2.45) is 0 Å². The van der Waals surface area contributed by atoms with Crippen LogP contribution in [0.1, 0.15) is 5.69 Å². The standard InChI is InChI=1S/C20H14FN5O/c21-14-3-1-13(2-4-14)18-19(16-5-8-22-20-17(16)6-9-23-20)26(12-24-18)11-15-7-10-27-25-15/h1-10,12H,11H2,(H,22,23). The minimum absolute atomic E-state index is 0.278. The molecule has 0 saturated carbocycles. The Morgan fingerprint density at radius 3 is 2.74 bits per heavy atom. The molecule has 0 aliphatic heterocycles. The third kappa shape index (κ3) is 2.69. The predicted octanol–water partition coefficient (Wildman–Crippen LogP) is 4.27. The topological polar surface area (TPSA) is 72.5 Å². The number of aromatic nitrogens is 5. The second-order valence-electron chi connectivity index (χ2n) is 6.17. The molecule has 0 aliphatic carbocycles. The van der Waals surface area contributed by atoms with Crippen molar-refractivity contribution in [3.8, 4) is 22.5 Å². The van der Waals surface area contributed by atoms with Gasteiger partial charge < -0.3 is 14.1 Å². The van der Waals surface area contributed by atoms with Gasteiger partial charge >= 0.3 is 0 Å². The molecule has 27 heavy (non-hydrogen) atoms. The van der Waals surface area contributed by atoms with Gasteiger partial charge in [-0.05, 0) is 36.4 Å². The maximum Gasteiger partial charge on any atom is 0.137 e. The van der Waals surface area contributed by atoms with E-state index in [9.17, 15) is 4.39 Å². The zero-order valence-electron chi connectivity index (χ0n) is 14.1. The highest BCUT2D eigenvalue weighted by atomic mass is 19.1. The molecule has 1 N–H and O–H groups in total. The first-order valence-electron chi connectivity index (χ1n) is 8.42. The van der Waals surface area contributed by atoms with E-state index in [4.69, 9.17) is 4.52 Å². The molecule has 0 radical (unpaired) electrons. The SMILES string of the molecule is Fc1ccc(-c2ncn(Cc3ccon3)c2-c2ccnc3[nH]ccc23)cc1. The molecule has 0 amide bonds. The normalized spacial score (nSPS) is 11.3. The summed E-state index contributed by atoms with van der Waals surface area (Å²) in [6, 6.07) is 12.1. The number of fused-ring (bicyclic) bond motifs is 1. The molecule has 1 aromatic carbocycles. The highest BCUT2D eigenvalue weighted by Gasteiger charge is 2.18. The molecule has 0 fully saturated rings. The fourth-order valence-electron chi connectivity index (χ4n) is 3.26. The van der Waals surface area contributed by atoms with E-state index >= 15 is 0 Å². The van der Waals surface area contributed by atoms with Crippen LogP contribution in [0.15, 0.2) is 72.0 Å². The van der Waals surface area contributed by atoms with Crippen LogP contribution in [0, 0.1) is 5.82 Å². The van der Waals surface area contributed by atoms with E-state index < -0.39 is 0 Å². The molecule has 0 spiro atoms. The number of aromatic amines is 1. The predicted molar refractivity (Wildman–Crippen MR) is 98.3 cm³/mol. The smallest absolute Gasteiger partial charge is 0.137 e. The monoisotopic (exact) mass is 359 g/mol. The van der Waals surface area contributed by atoms with E-state index in [-0.39, 0.29) is 5.82 Å². The van der Waals surface area contributed by atoms with Gasteiger partial charge in [0.1, 0.15) is 23.4 Å². The molecular weight excluding hydrogens is 345 g/mol. The fraction of sp³-hybridized carbons (Fsp3) is 0.0500.